The first-order valence-corrected chi connectivity index (χ1v) is 4.76. The molecule has 2 heterocycles. The lowest BCUT2D eigenvalue weighted by atomic mass is 10.1. The van der Waals surface area contributed by atoms with E-state index in [9.17, 15) is 4.79 Å². The van der Waals surface area contributed by atoms with E-state index in [1.807, 2.05) is 13.1 Å². The van der Waals surface area contributed by atoms with E-state index in [4.69, 9.17) is 0 Å². The molecule has 1 N–H and O–H groups in total. The highest BCUT2D eigenvalue weighted by molar-refractivity contribution is 7.11. The van der Waals surface area contributed by atoms with Crippen molar-refractivity contribution in [2.24, 2.45) is 0 Å². The summed E-state index contributed by atoms with van der Waals surface area (Å²) < 4.78 is 0. The van der Waals surface area contributed by atoms with Gasteiger partial charge < -0.3 is 5.32 Å². The summed E-state index contributed by atoms with van der Waals surface area (Å²) in [4.78, 5) is 16.3. The van der Waals surface area contributed by atoms with Gasteiger partial charge in [-0.25, -0.2) is 4.98 Å². The van der Waals surface area contributed by atoms with Crippen LogP contribution in [-0.4, -0.2) is 17.4 Å². The van der Waals surface area contributed by atoms with Crippen molar-refractivity contribution in [3.05, 3.63) is 16.1 Å². The van der Waals surface area contributed by atoms with Crippen molar-refractivity contribution in [1.29, 1.82) is 0 Å². The van der Waals surface area contributed by atoms with Gasteiger partial charge in [-0.15, -0.1) is 11.3 Å². The summed E-state index contributed by atoms with van der Waals surface area (Å²) >= 11 is 1.68. The van der Waals surface area contributed by atoms with Crippen molar-refractivity contribution in [2.45, 2.75) is 19.3 Å². The molecule has 1 aliphatic rings. The lowest BCUT2D eigenvalue weighted by Crippen LogP contribution is -2.13. The van der Waals surface area contributed by atoms with E-state index in [1.165, 1.54) is 4.88 Å². The summed E-state index contributed by atoms with van der Waals surface area (Å²) in [6, 6.07) is 0. The maximum Gasteiger partial charge on any atom is 0.220 e. The van der Waals surface area contributed by atoms with Crippen LogP contribution >= 0.6 is 11.3 Å². The normalized spacial score (nSPS) is 22.8. The van der Waals surface area contributed by atoms with Crippen LogP contribution in [0.5, 0.6) is 0 Å². The molecule has 2 rings (SSSR count). The van der Waals surface area contributed by atoms with Crippen LogP contribution in [0.4, 0.5) is 0 Å². The second-order valence-electron chi connectivity index (χ2n) is 2.99. The average Bonchev–Trinajstić information content (AvgIpc) is 2.58. The molecular formula is C8H10N2OS. The van der Waals surface area contributed by atoms with Gasteiger partial charge in [0, 0.05) is 30.0 Å². The Bertz CT molecular complexity index is 308. The van der Waals surface area contributed by atoms with Crippen LogP contribution in [0.1, 0.15) is 22.2 Å². The van der Waals surface area contributed by atoms with Gasteiger partial charge in [0.25, 0.3) is 0 Å². The van der Waals surface area contributed by atoms with Crippen LogP contribution in [0.2, 0.25) is 0 Å². The molecule has 1 aromatic heterocycles. The Balaban J connectivity index is 2.15. The van der Waals surface area contributed by atoms with Crippen molar-refractivity contribution in [3.63, 3.8) is 0 Å². The molecule has 0 bridgehead atoms. The Morgan fingerprint density at radius 2 is 2.58 bits per heavy atom. The van der Waals surface area contributed by atoms with Gasteiger partial charge in [-0.2, -0.15) is 0 Å². The number of rotatable bonds is 1. The van der Waals surface area contributed by atoms with E-state index in [2.05, 4.69) is 10.3 Å². The second-order valence-corrected chi connectivity index (χ2v) is 4.25. The molecular weight excluding hydrogens is 172 g/mol. The number of nitrogens with one attached hydrogen (secondary N) is 1. The number of aryl methyl sites for hydroxylation is 1. The molecule has 4 heteroatoms. The van der Waals surface area contributed by atoms with Gasteiger partial charge in [-0.3, -0.25) is 4.79 Å². The van der Waals surface area contributed by atoms with Gasteiger partial charge in [0.2, 0.25) is 5.91 Å². The number of amides is 1. The molecule has 0 spiro atoms. The first-order valence-electron chi connectivity index (χ1n) is 3.95. The topological polar surface area (TPSA) is 42.0 Å². The Morgan fingerprint density at radius 1 is 1.75 bits per heavy atom. The monoisotopic (exact) mass is 182 g/mol. The molecule has 0 saturated carbocycles. The highest BCUT2D eigenvalue weighted by Crippen LogP contribution is 2.27. The molecule has 0 radical (unpaired) electrons. The predicted octanol–water partition coefficient (Wildman–Crippen LogP) is 1.06. The third kappa shape index (κ3) is 1.34. The molecule has 1 saturated heterocycles. The Hall–Kier alpha value is -0.900. The van der Waals surface area contributed by atoms with Gasteiger partial charge >= 0.3 is 0 Å². The van der Waals surface area contributed by atoms with Crippen LogP contribution < -0.4 is 5.32 Å². The van der Waals surface area contributed by atoms with Crippen LogP contribution in [0.15, 0.2) is 6.20 Å². The molecule has 1 aromatic rings. The van der Waals surface area contributed by atoms with Crippen molar-refractivity contribution in [1.82, 2.24) is 10.3 Å². The van der Waals surface area contributed by atoms with E-state index in [1.54, 1.807) is 11.3 Å². The van der Waals surface area contributed by atoms with E-state index in [-0.39, 0.29) is 5.91 Å². The molecule has 1 aliphatic heterocycles. The number of nitrogens with zero attached hydrogens (tertiary/aromatic N) is 1. The van der Waals surface area contributed by atoms with Gasteiger partial charge in [-0.1, -0.05) is 0 Å². The second kappa shape index (κ2) is 2.86. The minimum atomic E-state index is 0.158. The fourth-order valence-electron chi connectivity index (χ4n) is 1.37. The van der Waals surface area contributed by atoms with E-state index in [0.29, 0.717) is 12.3 Å². The van der Waals surface area contributed by atoms with Gasteiger partial charge in [-0.05, 0) is 6.92 Å². The highest BCUT2D eigenvalue weighted by atomic mass is 32.1. The number of carbonyl (C=O) groups is 1. The number of aromatic nitrogens is 1. The number of hydrogen-bond acceptors (Lipinski definition) is 3. The molecule has 1 unspecified atom stereocenters. The third-order valence-corrected chi connectivity index (χ3v) is 3.09. The van der Waals surface area contributed by atoms with Crippen LogP contribution in [0, 0.1) is 6.92 Å². The number of hydrogen-bond donors (Lipinski definition) is 1. The molecule has 1 fully saturated rings. The van der Waals surface area contributed by atoms with Crippen molar-refractivity contribution < 1.29 is 4.79 Å². The number of carbonyl (C=O) groups excluding carboxylic acids is 1. The van der Waals surface area contributed by atoms with Crippen molar-refractivity contribution in [2.75, 3.05) is 6.54 Å². The Labute approximate surface area is 74.8 Å². The minimum Gasteiger partial charge on any atom is -0.355 e. The summed E-state index contributed by atoms with van der Waals surface area (Å²) in [6.07, 6.45) is 2.51. The molecule has 1 atom stereocenters. The van der Waals surface area contributed by atoms with Crippen LogP contribution in [-0.2, 0) is 4.79 Å². The first kappa shape index (κ1) is 7.73. The predicted molar refractivity (Wildman–Crippen MR) is 47.2 cm³/mol. The first-order chi connectivity index (χ1) is 5.75. The molecule has 0 aromatic carbocycles. The molecule has 3 nitrogen and oxygen atoms in total. The van der Waals surface area contributed by atoms with Crippen LogP contribution in [0.3, 0.4) is 0 Å². The molecule has 64 valence electrons. The number of thiazole rings is 1. The lowest BCUT2D eigenvalue weighted by molar-refractivity contribution is -0.119. The lowest BCUT2D eigenvalue weighted by Gasteiger charge is -2.00. The smallest absolute Gasteiger partial charge is 0.220 e. The third-order valence-electron chi connectivity index (χ3n) is 2.02. The minimum absolute atomic E-state index is 0.158. The zero-order chi connectivity index (χ0) is 8.55. The molecule has 1 amide bonds. The average molecular weight is 182 g/mol. The standard InChI is InChI=1S/C8H10N2OS/c1-5-9-4-7(12-5)6-2-8(11)10-3-6/h4,6H,2-3H2,1H3,(H,10,11). The van der Waals surface area contributed by atoms with Crippen molar-refractivity contribution in [3.8, 4) is 0 Å². The fourth-order valence-corrected chi connectivity index (χ4v) is 2.26. The quantitative estimate of drug-likeness (QED) is 0.705. The summed E-state index contributed by atoms with van der Waals surface area (Å²) in [5.41, 5.74) is 0. The van der Waals surface area contributed by atoms with E-state index >= 15 is 0 Å². The SMILES string of the molecule is Cc1ncc(C2CNC(=O)C2)s1. The molecule has 12 heavy (non-hydrogen) atoms. The Kier molecular flexibility index (Phi) is 1.84. The Morgan fingerprint density at radius 3 is 3.08 bits per heavy atom. The largest absolute Gasteiger partial charge is 0.355 e. The van der Waals surface area contributed by atoms with Gasteiger partial charge in [0.15, 0.2) is 0 Å². The van der Waals surface area contributed by atoms with E-state index < -0.39 is 0 Å². The van der Waals surface area contributed by atoms with E-state index in [0.717, 1.165) is 11.6 Å². The summed E-state index contributed by atoms with van der Waals surface area (Å²) in [7, 11) is 0. The van der Waals surface area contributed by atoms with Gasteiger partial charge in [0.05, 0.1) is 5.01 Å². The zero-order valence-electron chi connectivity index (χ0n) is 6.83. The summed E-state index contributed by atoms with van der Waals surface area (Å²) in [5, 5.41) is 3.89. The van der Waals surface area contributed by atoms with Crippen molar-refractivity contribution >= 4 is 17.2 Å². The summed E-state index contributed by atoms with van der Waals surface area (Å²) in [5.74, 6) is 0.523. The van der Waals surface area contributed by atoms with Crippen LogP contribution in [0.25, 0.3) is 0 Å². The van der Waals surface area contributed by atoms with Gasteiger partial charge in [0.1, 0.15) is 0 Å². The maximum absolute atomic E-state index is 10.9. The molecule has 0 aliphatic carbocycles. The fraction of sp³-hybridized carbons (Fsp3) is 0.500. The summed E-state index contributed by atoms with van der Waals surface area (Å²) in [6.45, 7) is 2.76. The maximum atomic E-state index is 10.9. The zero-order valence-corrected chi connectivity index (χ0v) is 7.65. The highest BCUT2D eigenvalue weighted by Gasteiger charge is 2.24.